The van der Waals surface area contributed by atoms with E-state index in [4.69, 9.17) is 5.73 Å². The third-order valence-corrected chi connectivity index (χ3v) is 5.28. The smallest absolute Gasteiger partial charge is 0.197 e. The Bertz CT molecular complexity index is 959. The van der Waals surface area contributed by atoms with Gasteiger partial charge in [-0.05, 0) is 49.9 Å². The maximum absolute atomic E-state index is 13.6. The van der Waals surface area contributed by atoms with Crippen LogP contribution in [0.25, 0.3) is 11.1 Å². The molecule has 0 radical (unpaired) electrons. The van der Waals surface area contributed by atoms with Gasteiger partial charge in [0.25, 0.3) is 0 Å². The highest BCUT2D eigenvalue weighted by Gasteiger charge is 2.26. The Morgan fingerprint density at radius 3 is 2.67 bits per heavy atom. The van der Waals surface area contributed by atoms with E-state index in [0.29, 0.717) is 17.4 Å². The first kappa shape index (κ1) is 17.5. The Kier molecular flexibility index (Phi) is 4.51. The molecule has 0 bridgehead atoms. The van der Waals surface area contributed by atoms with Crippen LogP contribution in [0.15, 0.2) is 30.7 Å². The van der Waals surface area contributed by atoms with E-state index in [9.17, 15) is 4.39 Å². The first-order chi connectivity index (χ1) is 13.0. The molecule has 0 atom stereocenters. The number of piperidine rings is 1. The van der Waals surface area contributed by atoms with Gasteiger partial charge in [0.05, 0.1) is 5.69 Å². The number of nitrogens with zero attached hydrogens (tertiary/aromatic N) is 4. The van der Waals surface area contributed by atoms with Gasteiger partial charge in [0, 0.05) is 36.5 Å². The van der Waals surface area contributed by atoms with E-state index >= 15 is 0 Å². The van der Waals surface area contributed by atoms with E-state index in [-0.39, 0.29) is 5.82 Å². The van der Waals surface area contributed by atoms with Crippen molar-refractivity contribution < 1.29 is 4.39 Å². The highest BCUT2D eigenvalue weighted by molar-refractivity contribution is 5.75. The van der Waals surface area contributed by atoms with Crippen molar-refractivity contribution in [3.8, 4) is 11.1 Å². The van der Waals surface area contributed by atoms with Crippen LogP contribution < -0.4 is 10.6 Å². The fourth-order valence-electron chi connectivity index (χ4n) is 3.85. The zero-order valence-corrected chi connectivity index (χ0v) is 15.5. The molecule has 0 amide bonds. The molecule has 7 heteroatoms. The fourth-order valence-corrected chi connectivity index (χ4v) is 3.85. The zero-order valence-electron chi connectivity index (χ0n) is 15.5. The second-order valence-electron chi connectivity index (χ2n) is 7.12. The van der Waals surface area contributed by atoms with Gasteiger partial charge in [-0.2, -0.15) is 0 Å². The van der Waals surface area contributed by atoms with Gasteiger partial charge in [-0.15, -0.1) is 0 Å². The van der Waals surface area contributed by atoms with Crippen molar-refractivity contribution in [2.75, 3.05) is 23.7 Å². The minimum Gasteiger partial charge on any atom is -0.369 e. The topological polar surface area (TPSA) is 83.7 Å². The standard InChI is InChI=1S/C20H23FN6/c1-12-9-15(3-4-17(12)21)16-10-23-11-24-19(16)27-7-5-14(6-8-27)18-13(2)25-20(22)26-18/h3-4,9-11,14H,5-8H2,1-2H3,(H3,22,25,26). The van der Waals surface area contributed by atoms with Gasteiger partial charge < -0.3 is 15.6 Å². The van der Waals surface area contributed by atoms with E-state index in [0.717, 1.165) is 54.3 Å². The molecule has 1 fully saturated rings. The van der Waals surface area contributed by atoms with Crippen molar-refractivity contribution in [3.05, 3.63) is 53.5 Å². The lowest BCUT2D eigenvalue weighted by molar-refractivity contribution is 0.493. The lowest BCUT2D eigenvalue weighted by Crippen LogP contribution is -2.34. The highest BCUT2D eigenvalue weighted by Crippen LogP contribution is 2.35. The van der Waals surface area contributed by atoms with Crippen molar-refractivity contribution in [2.45, 2.75) is 32.6 Å². The summed E-state index contributed by atoms with van der Waals surface area (Å²) in [7, 11) is 0. The van der Waals surface area contributed by atoms with Crippen LogP contribution in [0.5, 0.6) is 0 Å². The van der Waals surface area contributed by atoms with E-state index < -0.39 is 0 Å². The van der Waals surface area contributed by atoms with Crippen molar-refractivity contribution in [1.82, 2.24) is 19.9 Å². The molecule has 0 saturated carbocycles. The van der Waals surface area contributed by atoms with Gasteiger partial charge in [0.15, 0.2) is 5.95 Å². The molecule has 6 nitrogen and oxygen atoms in total. The van der Waals surface area contributed by atoms with E-state index in [2.05, 4.69) is 24.8 Å². The number of aryl methyl sites for hydroxylation is 2. The summed E-state index contributed by atoms with van der Waals surface area (Å²) in [6, 6.07) is 5.13. The van der Waals surface area contributed by atoms with Gasteiger partial charge in [-0.3, -0.25) is 0 Å². The minimum atomic E-state index is -0.202. The Morgan fingerprint density at radius 1 is 1.22 bits per heavy atom. The molecule has 2 aromatic heterocycles. The number of anilines is 2. The summed E-state index contributed by atoms with van der Waals surface area (Å²) in [4.78, 5) is 18.5. The first-order valence-electron chi connectivity index (χ1n) is 9.16. The number of imidazole rings is 1. The number of aromatic amines is 1. The molecule has 4 rings (SSSR count). The maximum atomic E-state index is 13.6. The third kappa shape index (κ3) is 3.37. The minimum absolute atomic E-state index is 0.202. The van der Waals surface area contributed by atoms with Crippen LogP contribution in [-0.2, 0) is 0 Å². The molecule has 1 saturated heterocycles. The number of hydrogen-bond acceptors (Lipinski definition) is 5. The number of nitrogens with two attached hydrogens (primary N) is 1. The lowest BCUT2D eigenvalue weighted by atomic mass is 9.92. The molecular weight excluding hydrogens is 343 g/mol. The van der Waals surface area contributed by atoms with E-state index in [1.165, 1.54) is 6.07 Å². The van der Waals surface area contributed by atoms with Gasteiger partial charge in [-0.1, -0.05) is 6.07 Å². The molecule has 0 aliphatic carbocycles. The Hall–Kier alpha value is -2.96. The normalized spacial score (nSPS) is 15.3. The summed E-state index contributed by atoms with van der Waals surface area (Å²) in [5.74, 6) is 1.57. The number of halogens is 1. The molecule has 140 valence electrons. The van der Waals surface area contributed by atoms with Gasteiger partial charge in [0.1, 0.15) is 18.0 Å². The summed E-state index contributed by atoms with van der Waals surface area (Å²) in [5.41, 5.74) is 10.4. The molecule has 3 N–H and O–H groups in total. The quantitative estimate of drug-likeness (QED) is 0.740. The second kappa shape index (κ2) is 6.98. The molecule has 3 heterocycles. The van der Waals surface area contributed by atoms with Crippen LogP contribution in [0.2, 0.25) is 0 Å². The average Bonchev–Trinajstić information content (AvgIpc) is 3.02. The molecule has 1 aliphatic rings. The summed E-state index contributed by atoms with van der Waals surface area (Å²) < 4.78 is 13.6. The Labute approximate surface area is 157 Å². The van der Waals surface area contributed by atoms with Crippen molar-refractivity contribution in [1.29, 1.82) is 0 Å². The van der Waals surface area contributed by atoms with Crippen LogP contribution in [0, 0.1) is 19.7 Å². The number of H-pyrrole nitrogens is 1. The highest BCUT2D eigenvalue weighted by atomic mass is 19.1. The summed E-state index contributed by atoms with van der Waals surface area (Å²) in [6.07, 6.45) is 5.34. The largest absolute Gasteiger partial charge is 0.369 e. The van der Waals surface area contributed by atoms with E-state index in [1.54, 1.807) is 25.5 Å². The maximum Gasteiger partial charge on any atom is 0.197 e. The van der Waals surface area contributed by atoms with Crippen LogP contribution in [0.3, 0.4) is 0 Å². The second-order valence-corrected chi connectivity index (χ2v) is 7.12. The zero-order chi connectivity index (χ0) is 19.0. The molecule has 27 heavy (non-hydrogen) atoms. The Morgan fingerprint density at radius 2 is 2.00 bits per heavy atom. The first-order valence-corrected chi connectivity index (χ1v) is 9.16. The van der Waals surface area contributed by atoms with Crippen molar-refractivity contribution >= 4 is 11.8 Å². The number of rotatable bonds is 3. The van der Waals surface area contributed by atoms with Gasteiger partial charge in [0.2, 0.25) is 0 Å². The van der Waals surface area contributed by atoms with Crippen LogP contribution >= 0.6 is 0 Å². The van der Waals surface area contributed by atoms with Gasteiger partial charge >= 0.3 is 0 Å². The monoisotopic (exact) mass is 366 g/mol. The third-order valence-electron chi connectivity index (χ3n) is 5.28. The summed E-state index contributed by atoms with van der Waals surface area (Å²) in [5, 5.41) is 0. The number of hydrogen-bond donors (Lipinski definition) is 2. The Balaban J connectivity index is 1.57. The molecule has 1 aromatic carbocycles. The average molecular weight is 366 g/mol. The number of aromatic nitrogens is 4. The van der Waals surface area contributed by atoms with Crippen LogP contribution in [0.4, 0.5) is 16.2 Å². The van der Waals surface area contributed by atoms with Crippen LogP contribution in [-0.4, -0.2) is 33.0 Å². The molecule has 3 aromatic rings. The summed E-state index contributed by atoms with van der Waals surface area (Å²) in [6.45, 7) is 5.54. The lowest BCUT2D eigenvalue weighted by Gasteiger charge is -2.33. The molecule has 0 spiro atoms. The number of nitrogens with one attached hydrogen (secondary N) is 1. The molecular formula is C20H23FN6. The molecule has 0 unspecified atom stereocenters. The van der Waals surface area contributed by atoms with Gasteiger partial charge in [-0.25, -0.2) is 19.3 Å². The van der Waals surface area contributed by atoms with Crippen molar-refractivity contribution in [3.63, 3.8) is 0 Å². The predicted octanol–water partition coefficient (Wildman–Crippen LogP) is 3.59. The molecule has 1 aliphatic heterocycles. The predicted molar refractivity (Wildman–Crippen MR) is 104 cm³/mol. The van der Waals surface area contributed by atoms with Crippen LogP contribution in [0.1, 0.15) is 35.7 Å². The fraction of sp³-hybridized carbons (Fsp3) is 0.350. The van der Waals surface area contributed by atoms with E-state index in [1.807, 2.05) is 13.0 Å². The SMILES string of the molecule is Cc1cc(-c2cncnc2N2CCC(c3nc(N)[nH]c3C)CC2)ccc1F. The summed E-state index contributed by atoms with van der Waals surface area (Å²) >= 11 is 0. The number of benzene rings is 1. The number of nitrogen functional groups attached to an aromatic ring is 1. The van der Waals surface area contributed by atoms with Crippen molar-refractivity contribution in [2.24, 2.45) is 0 Å².